The Balaban J connectivity index is 3.14. The lowest BCUT2D eigenvalue weighted by Crippen LogP contribution is -2.25. The van der Waals surface area contributed by atoms with E-state index >= 15 is 0 Å². The van der Waals surface area contributed by atoms with Gasteiger partial charge in [0.2, 0.25) is 0 Å². The molecule has 0 aromatic carbocycles. The summed E-state index contributed by atoms with van der Waals surface area (Å²) in [5, 5.41) is 14.6. The van der Waals surface area contributed by atoms with Gasteiger partial charge in [0, 0.05) is 25.4 Å². The van der Waals surface area contributed by atoms with Crippen LogP contribution in [0.1, 0.15) is 24.6 Å². The number of hydrogen-bond acceptors (Lipinski definition) is 3. The predicted octanol–water partition coefficient (Wildman–Crippen LogP) is 1.87. The Morgan fingerprint density at radius 3 is 2.75 bits per heavy atom. The highest BCUT2D eigenvalue weighted by atomic mass is 19.4. The summed E-state index contributed by atoms with van der Waals surface area (Å²) >= 11 is 0. The molecule has 1 amide bonds. The summed E-state index contributed by atoms with van der Waals surface area (Å²) in [4.78, 5) is 11.6. The first-order chi connectivity index (χ1) is 9.29. The molecular formula is C12H13F3N4O. The van der Waals surface area contributed by atoms with Crippen LogP contribution in [0.3, 0.4) is 0 Å². The van der Waals surface area contributed by atoms with E-state index < -0.39 is 23.4 Å². The maximum absolute atomic E-state index is 12.7. The molecule has 20 heavy (non-hydrogen) atoms. The van der Waals surface area contributed by atoms with Crippen molar-refractivity contribution in [3.05, 3.63) is 23.0 Å². The third-order valence-corrected chi connectivity index (χ3v) is 2.33. The Labute approximate surface area is 113 Å². The number of nitriles is 1. The van der Waals surface area contributed by atoms with Gasteiger partial charge in [-0.1, -0.05) is 6.92 Å². The predicted molar refractivity (Wildman–Crippen MR) is 65.1 cm³/mol. The second-order valence-corrected chi connectivity index (χ2v) is 4.03. The van der Waals surface area contributed by atoms with Crippen LogP contribution in [0, 0.1) is 11.3 Å². The second-order valence-electron chi connectivity index (χ2n) is 4.03. The molecule has 8 heteroatoms. The van der Waals surface area contributed by atoms with Crippen molar-refractivity contribution in [2.75, 3.05) is 6.54 Å². The van der Waals surface area contributed by atoms with Gasteiger partial charge in [-0.05, 0) is 12.5 Å². The fraction of sp³-hybridized carbons (Fsp3) is 0.417. The first kappa shape index (κ1) is 15.8. The summed E-state index contributed by atoms with van der Waals surface area (Å²) < 4.78 is 39.2. The molecule has 0 radical (unpaired) electrons. The van der Waals surface area contributed by atoms with E-state index in [-0.39, 0.29) is 5.56 Å². The Morgan fingerprint density at radius 1 is 1.60 bits per heavy atom. The fourth-order valence-corrected chi connectivity index (χ4v) is 1.47. The van der Waals surface area contributed by atoms with Crippen molar-refractivity contribution in [3.63, 3.8) is 0 Å². The molecule has 108 valence electrons. The number of hydrogen-bond donors (Lipinski definition) is 1. The number of nitrogens with one attached hydrogen (secondary N) is 1. The minimum absolute atomic E-state index is 0.316. The van der Waals surface area contributed by atoms with Gasteiger partial charge >= 0.3 is 6.18 Å². The van der Waals surface area contributed by atoms with Crippen molar-refractivity contribution in [2.45, 2.75) is 19.5 Å². The van der Waals surface area contributed by atoms with E-state index in [0.29, 0.717) is 13.0 Å². The number of rotatable bonds is 4. The van der Waals surface area contributed by atoms with Gasteiger partial charge in [-0.15, -0.1) is 0 Å². The number of aryl methyl sites for hydroxylation is 1. The number of carbonyl (C=O) groups is 1. The highest BCUT2D eigenvalue weighted by molar-refractivity contribution is 6.01. The standard InChI is InChI=1S/C12H13F3N4O/c1-3-4-17-11(20)8(6-16)5-9-7-19(2)18-10(9)12(13,14)15/h5,7H,3-4H2,1-2H3,(H,17,20)/b8-5-. The van der Waals surface area contributed by atoms with E-state index in [1.807, 2.05) is 6.92 Å². The molecule has 1 rings (SSSR count). The number of carbonyl (C=O) groups excluding carboxylic acids is 1. The summed E-state index contributed by atoms with van der Waals surface area (Å²) in [6, 6.07) is 1.59. The maximum Gasteiger partial charge on any atom is 0.435 e. The summed E-state index contributed by atoms with van der Waals surface area (Å²) in [5.74, 6) is -0.702. The van der Waals surface area contributed by atoms with Crippen LogP contribution in [0.15, 0.2) is 11.8 Å². The smallest absolute Gasteiger partial charge is 0.351 e. The number of nitrogens with zero attached hydrogens (tertiary/aromatic N) is 3. The number of amides is 1. The van der Waals surface area contributed by atoms with Gasteiger partial charge in [0.25, 0.3) is 5.91 Å². The Kier molecular flexibility index (Phi) is 4.91. The fourth-order valence-electron chi connectivity index (χ4n) is 1.47. The van der Waals surface area contributed by atoms with Crippen molar-refractivity contribution in [1.29, 1.82) is 5.26 Å². The maximum atomic E-state index is 12.7. The third kappa shape index (κ3) is 3.85. The number of halogens is 3. The van der Waals surface area contributed by atoms with E-state index in [4.69, 9.17) is 5.26 Å². The second kappa shape index (κ2) is 6.23. The van der Waals surface area contributed by atoms with Crippen LogP contribution in [-0.4, -0.2) is 22.2 Å². The molecule has 0 saturated heterocycles. The van der Waals surface area contributed by atoms with E-state index in [2.05, 4.69) is 10.4 Å². The van der Waals surface area contributed by atoms with Crippen LogP contribution in [0.25, 0.3) is 6.08 Å². The molecule has 1 aromatic rings. The van der Waals surface area contributed by atoms with Crippen LogP contribution in [0.2, 0.25) is 0 Å². The summed E-state index contributed by atoms with van der Waals surface area (Å²) in [5.41, 5.74) is -1.84. The topological polar surface area (TPSA) is 70.7 Å². The minimum atomic E-state index is -4.65. The lowest BCUT2D eigenvalue weighted by molar-refractivity contribution is -0.141. The normalized spacial score (nSPS) is 12.1. The van der Waals surface area contributed by atoms with Gasteiger partial charge in [0.05, 0.1) is 0 Å². The van der Waals surface area contributed by atoms with Gasteiger partial charge in [-0.2, -0.15) is 23.5 Å². The molecule has 1 aromatic heterocycles. The average molecular weight is 286 g/mol. The van der Waals surface area contributed by atoms with Crippen LogP contribution in [0.5, 0.6) is 0 Å². The first-order valence-corrected chi connectivity index (χ1v) is 5.80. The zero-order valence-electron chi connectivity index (χ0n) is 11.0. The van der Waals surface area contributed by atoms with Crippen molar-refractivity contribution < 1.29 is 18.0 Å². The Hall–Kier alpha value is -2.30. The van der Waals surface area contributed by atoms with E-state index in [1.165, 1.54) is 7.05 Å². The third-order valence-electron chi connectivity index (χ3n) is 2.33. The summed E-state index contributed by atoms with van der Waals surface area (Å²) in [6.07, 6.45) is -1.99. The van der Waals surface area contributed by atoms with Gasteiger partial charge in [0.1, 0.15) is 11.6 Å². The molecule has 0 saturated carbocycles. The molecule has 0 atom stereocenters. The highest BCUT2D eigenvalue weighted by Crippen LogP contribution is 2.31. The van der Waals surface area contributed by atoms with Crippen LogP contribution < -0.4 is 5.32 Å². The molecule has 1 N–H and O–H groups in total. The molecular weight excluding hydrogens is 273 g/mol. The molecule has 0 aliphatic carbocycles. The molecule has 0 spiro atoms. The van der Waals surface area contributed by atoms with Gasteiger partial charge in [-0.3, -0.25) is 9.48 Å². The van der Waals surface area contributed by atoms with Crippen molar-refractivity contribution >= 4 is 12.0 Å². The van der Waals surface area contributed by atoms with E-state index in [1.54, 1.807) is 6.07 Å². The molecule has 5 nitrogen and oxygen atoms in total. The number of aromatic nitrogens is 2. The number of alkyl halides is 3. The average Bonchev–Trinajstić information content (AvgIpc) is 2.74. The summed E-state index contributed by atoms with van der Waals surface area (Å²) in [6.45, 7) is 2.16. The quantitative estimate of drug-likeness (QED) is 0.678. The largest absolute Gasteiger partial charge is 0.435 e. The molecule has 0 fully saturated rings. The lowest BCUT2D eigenvalue weighted by atomic mass is 10.1. The molecule has 1 heterocycles. The SMILES string of the molecule is CCCNC(=O)/C(C#N)=C\c1cn(C)nc1C(F)(F)F. The Bertz CT molecular complexity index is 566. The van der Waals surface area contributed by atoms with Gasteiger partial charge < -0.3 is 5.32 Å². The summed E-state index contributed by atoms with van der Waals surface area (Å²) in [7, 11) is 1.33. The Morgan fingerprint density at radius 2 is 2.25 bits per heavy atom. The van der Waals surface area contributed by atoms with Crippen molar-refractivity contribution in [3.8, 4) is 6.07 Å². The van der Waals surface area contributed by atoms with Gasteiger partial charge in [0.15, 0.2) is 5.69 Å². The van der Waals surface area contributed by atoms with Crippen LogP contribution in [0.4, 0.5) is 13.2 Å². The zero-order chi connectivity index (χ0) is 15.3. The zero-order valence-corrected chi connectivity index (χ0v) is 11.0. The van der Waals surface area contributed by atoms with Crippen LogP contribution in [-0.2, 0) is 18.0 Å². The van der Waals surface area contributed by atoms with Crippen molar-refractivity contribution in [2.24, 2.45) is 7.05 Å². The van der Waals surface area contributed by atoms with E-state index in [9.17, 15) is 18.0 Å². The lowest BCUT2D eigenvalue weighted by Gasteiger charge is -2.04. The molecule has 0 bridgehead atoms. The van der Waals surface area contributed by atoms with Gasteiger partial charge in [-0.25, -0.2) is 0 Å². The first-order valence-electron chi connectivity index (χ1n) is 5.80. The molecule has 0 aliphatic heterocycles. The monoisotopic (exact) mass is 286 g/mol. The molecule has 0 aliphatic rings. The van der Waals surface area contributed by atoms with Crippen molar-refractivity contribution in [1.82, 2.24) is 15.1 Å². The van der Waals surface area contributed by atoms with E-state index in [0.717, 1.165) is 17.0 Å². The molecule has 0 unspecified atom stereocenters. The minimum Gasteiger partial charge on any atom is -0.351 e. The van der Waals surface area contributed by atoms with Crippen LogP contribution >= 0.6 is 0 Å². The highest BCUT2D eigenvalue weighted by Gasteiger charge is 2.36.